The van der Waals surface area contributed by atoms with Gasteiger partial charge < -0.3 is 0 Å². The second-order valence-corrected chi connectivity index (χ2v) is 9.81. The molecule has 0 spiro atoms. The largest absolute Gasteiger partial charge is 0.291 e. The molecule has 144 valence electrons. The van der Waals surface area contributed by atoms with Crippen molar-refractivity contribution in [1.82, 2.24) is 9.97 Å². The van der Waals surface area contributed by atoms with Crippen LogP contribution in [-0.4, -0.2) is 32.4 Å². The Morgan fingerprint density at radius 3 is 2.61 bits per heavy atom. The van der Waals surface area contributed by atoms with Crippen LogP contribution in [0, 0.1) is 6.92 Å². The Labute approximate surface area is 170 Å². The third-order valence-electron chi connectivity index (χ3n) is 4.68. The van der Waals surface area contributed by atoms with Gasteiger partial charge in [0.2, 0.25) is 5.91 Å². The maximum atomic E-state index is 12.7. The first kappa shape index (κ1) is 19.0. The molecular weight excluding hydrogens is 390 g/mol. The predicted molar refractivity (Wildman–Crippen MR) is 113 cm³/mol. The molecule has 0 radical (unpaired) electrons. The lowest BCUT2D eigenvalue weighted by molar-refractivity contribution is -0.117. The van der Waals surface area contributed by atoms with Crippen molar-refractivity contribution in [3.8, 4) is 11.3 Å². The van der Waals surface area contributed by atoms with Crippen LogP contribution in [0.3, 0.4) is 0 Å². The van der Waals surface area contributed by atoms with E-state index in [1.165, 1.54) is 11.3 Å². The number of aromatic nitrogens is 2. The van der Waals surface area contributed by atoms with Crippen molar-refractivity contribution in [2.45, 2.75) is 35.6 Å². The number of nitrogens with zero attached hydrogens (tertiary/aromatic N) is 3. The number of anilines is 1. The molecule has 1 saturated carbocycles. The van der Waals surface area contributed by atoms with E-state index < -0.39 is 10.8 Å². The first-order valence-electron chi connectivity index (χ1n) is 9.18. The third-order valence-corrected chi connectivity index (χ3v) is 8.19. The van der Waals surface area contributed by atoms with Gasteiger partial charge in [-0.3, -0.25) is 18.9 Å². The van der Waals surface area contributed by atoms with E-state index in [9.17, 15) is 9.00 Å². The minimum Gasteiger partial charge on any atom is -0.291 e. The van der Waals surface area contributed by atoms with Gasteiger partial charge in [-0.05, 0) is 37.5 Å². The molecule has 2 aromatic heterocycles. The number of hydrogen-bond donors (Lipinski definition) is 0. The summed E-state index contributed by atoms with van der Waals surface area (Å²) < 4.78 is 13.2. The van der Waals surface area contributed by atoms with Crippen LogP contribution in [0.5, 0.6) is 0 Å². The molecule has 0 N–H and O–H groups in total. The van der Waals surface area contributed by atoms with Crippen molar-refractivity contribution in [3.05, 3.63) is 59.9 Å². The summed E-state index contributed by atoms with van der Waals surface area (Å²) >= 11 is 1.37. The second kappa shape index (κ2) is 7.93. The number of hydrogen-bond acceptors (Lipinski definition) is 5. The normalized spacial score (nSPS) is 14.6. The Bertz CT molecular complexity index is 1010. The zero-order valence-electron chi connectivity index (χ0n) is 15.8. The van der Waals surface area contributed by atoms with Gasteiger partial charge in [-0.15, -0.1) is 0 Å². The van der Waals surface area contributed by atoms with Gasteiger partial charge >= 0.3 is 0 Å². The Hall–Kier alpha value is -2.38. The monoisotopic (exact) mass is 411 g/mol. The molecular formula is C21H21N3O2S2. The summed E-state index contributed by atoms with van der Waals surface area (Å²) in [5.41, 5.74) is 3.64. The first-order chi connectivity index (χ1) is 13.5. The van der Waals surface area contributed by atoms with Gasteiger partial charge in [-0.2, -0.15) is 0 Å². The molecule has 1 fully saturated rings. The van der Waals surface area contributed by atoms with E-state index in [2.05, 4.69) is 9.97 Å². The molecule has 1 aliphatic rings. The van der Waals surface area contributed by atoms with Crippen LogP contribution < -0.4 is 4.90 Å². The van der Waals surface area contributed by atoms with Gasteiger partial charge in [-0.1, -0.05) is 41.7 Å². The molecule has 0 saturated heterocycles. The van der Waals surface area contributed by atoms with E-state index in [0.29, 0.717) is 11.6 Å². The van der Waals surface area contributed by atoms with Gasteiger partial charge in [-0.25, -0.2) is 4.98 Å². The van der Waals surface area contributed by atoms with E-state index in [4.69, 9.17) is 0 Å². The molecule has 1 unspecified atom stereocenters. The Balaban J connectivity index is 1.44. The van der Waals surface area contributed by atoms with Crippen LogP contribution in [0.1, 0.15) is 24.1 Å². The molecule has 5 nitrogen and oxygen atoms in total. The van der Waals surface area contributed by atoms with Gasteiger partial charge in [0, 0.05) is 24.1 Å². The maximum Gasteiger partial charge on any atom is 0.232 e. The average molecular weight is 412 g/mol. The molecule has 1 amide bonds. The average Bonchev–Trinajstić information content (AvgIpc) is 3.50. The molecule has 2 heterocycles. The highest BCUT2D eigenvalue weighted by Gasteiger charge is 2.32. The van der Waals surface area contributed by atoms with Crippen LogP contribution in [0.15, 0.2) is 52.9 Å². The molecule has 0 aliphatic heterocycles. The summed E-state index contributed by atoms with van der Waals surface area (Å²) in [5.74, 6) is -0.0388. The van der Waals surface area contributed by atoms with E-state index in [0.717, 1.165) is 39.6 Å². The lowest BCUT2D eigenvalue weighted by atomic mass is 10.1. The number of benzene rings is 1. The van der Waals surface area contributed by atoms with Crippen LogP contribution in [0.25, 0.3) is 11.3 Å². The van der Waals surface area contributed by atoms with Gasteiger partial charge in [0.15, 0.2) is 5.13 Å². The van der Waals surface area contributed by atoms with Crippen molar-refractivity contribution in [3.63, 3.8) is 0 Å². The lowest BCUT2D eigenvalue weighted by Gasteiger charge is -2.14. The molecule has 3 aromatic rings. The summed E-state index contributed by atoms with van der Waals surface area (Å²) in [6, 6.07) is 13.7. The minimum atomic E-state index is -0.991. The summed E-state index contributed by atoms with van der Waals surface area (Å²) in [6.07, 6.45) is 4.09. The fraction of sp³-hybridized carbons (Fsp3) is 0.286. The van der Waals surface area contributed by atoms with Gasteiger partial charge in [0.05, 0.1) is 28.6 Å². The number of carbonyl (C=O) groups is 1. The van der Waals surface area contributed by atoms with E-state index in [-0.39, 0.29) is 11.2 Å². The summed E-state index contributed by atoms with van der Waals surface area (Å²) in [7, 11) is 0.738. The fourth-order valence-electron chi connectivity index (χ4n) is 2.86. The van der Waals surface area contributed by atoms with Crippen molar-refractivity contribution in [2.24, 2.45) is 0 Å². The highest BCUT2D eigenvalue weighted by atomic mass is 32.2. The van der Waals surface area contributed by atoms with Crippen LogP contribution in [0.2, 0.25) is 0 Å². The zero-order valence-corrected chi connectivity index (χ0v) is 17.4. The van der Waals surface area contributed by atoms with Crippen molar-refractivity contribution in [1.29, 1.82) is 0 Å². The molecule has 1 atom stereocenters. The number of carbonyl (C=O) groups excluding carboxylic acids is 1. The number of likely N-dealkylation sites (N-methyl/N-ethyl adjacent to an activating group) is 1. The summed E-state index contributed by atoms with van der Waals surface area (Å²) in [5, 5.41) is 0.877. The quantitative estimate of drug-likeness (QED) is 0.615. The first-order valence-corrected chi connectivity index (χ1v) is 11.2. The second-order valence-electron chi connectivity index (χ2n) is 6.91. The number of thiazole rings is 1. The molecule has 1 aliphatic carbocycles. The SMILES string of the molecule is Cc1nc(N(C)C(=O)Cc2ccc(-c3ccccn3)cc2)sc1S(=O)C1CC1. The minimum absolute atomic E-state index is 0.0388. The standard InChI is InChI=1S/C21H21N3O2S2/c1-14-20(28(26)17-10-11-17)27-21(23-14)24(2)19(25)13-15-6-8-16(9-7-15)18-5-3-4-12-22-18/h3-9,12,17H,10-11,13H2,1-2H3. The molecule has 0 bridgehead atoms. The number of pyridine rings is 1. The van der Waals surface area contributed by atoms with Gasteiger partial charge in [0.25, 0.3) is 0 Å². The van der Waals surface area contributed by atoms with Crippen LogP contribution in [-0.2, 0) is 22.0 Å². The van der Waals surface area contributed by atoms with Crippen LogP contribution >= 0.6 is 11.3 Å². The predicted octanol–water partition coefficient (Wildman–Crippen LogP) is 3.99. The lowest BCUT2D eigenvalue weighted by Crippen LogP contribution is -2.27. The number of amides is 1. The molecule has 4 rings (SSSR count). The Kier molecular flexibility index (Phi) is 5.37. The summed E-state index contributed by atoms with van der Waals surface area (Å²) in [6.45, 7) is 1.87. The molecule has 7 heteroatoms. The molecule has 28 heavy (non-hydrogen) atoms. The van der Waals surface area contributed by atoms with Crippen LogP contribution in [0.4, 0.5) is 5.13 Å². The number of rotatable bonds is 6. The topological polar surface area (TPSA) is 63.2 Å². The van der Waals surface area contributed by atoms with E-state index in [1.54, 1.807) is 18.1 Å². The van der Waals surface area contributed by atoms with Gasteiger partial charge in [0.1, 0.15) is 4.21 Å². The van der Waals surface area contributed by atoms with E-state index in [1.807, 2.05) is 49.4 Å². The smallest absolute Gasteiger partial charge is 0.232 e. The van der Waals surface area contributed by atoms with E-state index >= 15 is 0 Å². The highest BCUT2D eigenvalue weighted by Crippen LogP contribution is 2.36. The maximum absolute atomic E-state index is 12.7. The zero-order chi connectivity index (χ0) is 19.7. The number of aryl methyl sites for hydroxylation is 1. The Morgan fingerprint density at radius 1 is 1.21 bits per heavy atom. The third kappa shape index (κ3) is 4.05. The van der Waals surface area contributed by atoms with Crippen molar-refractivity contribution < 1.29 is 9.00 Å². The van der Waals surface area contributed by atoms with Crippen molar-refractivity contribution in [2.75, 3.05) is 11.9 Å². The Morgan fingerprint density at radius 2 is 1.96 bits per heavy atom. The fourth-order valence-corrected chi connectivity index (χ4v) is 5.80. The van der Waals surface area contributed by atoms with Crippen molar-refractivity contribution >= 4 is 33.2 Å². The molecule has 1 aromatic carbocycles. The summed E-state index contributed by atoms with van der Waals surface area (Å²) in [4.78, 5) is 23.1. The highest BCUT2D eigenvalue weighted by molar-refractivity contribution is 7.88.